The Kier molecular flexibility index (Phi) is 3.58. The summed E-state index contributed by atoms with van der Waals surface area (Å²) < 4.78 is 0.748. The average molecular weight is 318 g/mol. The van der Waals surface area contributed by atoms with Crippen molar-refractivity contribution in [1.29, 1.82) is 0 Å². The molecule has 0 atom stereocenters. The highest BCUT2D eigenvalue weighted by Crippen LogP contribution is 2.26. The van der Waals surface area contributed by atoms with E-state index in [0.29, 0.717) is 15.6 Å². The lowest BCUT2D eigenvalue weighted by molar-refractivity contribution is 0.103. The number of halogens is 2. The Hall–Kier alpha value is -0.910. The maximum absolute atomic E-state index is 11.7. The lowest BCUT2D eigenvalue weighted by Crippen LogP contribution is -2.10. The van der Waals surface area contributed by atoms with Gasteiger partial charge < -0.3 is 5.32 Å². The third-order valence-electron chi connectivity index (χ3n) is 1.84. The Balaban J connectivity index is 2.18. The van der Waals surface area contributed by atoms with Crippen molar-refractivity contribution in [1.82, 2.24) is 4.98 Å². The molecule has 0 radical (unpaired) electrons. The van der Waals surface area contributed by atoms with E-state index in [2.05, 4.69) is 26.2 Å². The summed E-state index contributed by atoms with van der Waals surface area (Å²) >= 11 is 10.4. The van der Waals surface area contributed by atoms with Crippen molar-refractivity contribution < 1.29 is 4.79 Å². The van der Waals surface area contributed by atoms with Gasteiger partial charge in [0.05, 0.1) is 17.4 Å². The van der Waals surface area contributed by atoms with Gasteiger partial charge in [-0.15, -0.1) is 11.3 Å². The number of aromatic nitrogens is 1. The van der Waals surface area contributed by atoms with E-state index in [1.165, 1.54) is 17.5 Å². The van der Waals surface area contributed by atoms with Gasteiger partial charge in [-0.2, -0.15) is 0 Å². The number of amides is 1. The molecule has 0 fully saturated rings. The zero-order chi connectivity index (χ0) is 11.5. The maximum atomic E-state index is 11.7. The Labute approximate surface area is 110 Å². The summed E-state index contributed by atoms with van der Waals surface area (Å²) in [7, 11) is 0. The molecule has 0 saturated heterocycles. The average Bonchev–Trinajstić information content (AvgIpc) is 2.75. The zero-order valence-corrected chi connectivity index (χ0v) is 11.1. The molecule has 82 valence electrons. The fourth-order valence-electron chi connectivity index (χ4n) is 1.10. The molecule has 3 nitrogen and oxygen atoms in total. The predicted octanol–water partition coefficient (Wildman–Crippen LogP) is 3.81. The zero-order valence-electron chi connectivity index (χ0n) is 7.91. The summed E-state index contributed by atoms with van der Waals surface area (Å²) in [6.07, 6.45) is 1.53. The second-order valence-electron chi connectivity index (χ2n) is 2.94. The minimum absolute atomic E-state index is 0.175. The van der Waals surface area contributed by atoms with Crippen LogP contribution >= 0.6 is 38.9 Å². The lowest BCUT2D eigenvalue weighted by atomic mass is 10.3. The number of hydrogen-bond donors (Lipinski definition) is 1. The van der Waals surface area contributed by atoms with Crippen LogP contribution in [0.15, 0.2) is 34.4 Å². The number of hydrogen-bond acceptors (Lipinski definition) is 3. The van der Waals surface area contributed by atoms with Crippen molar-refractivity contribution in [3.63, 3.8) is 0 Å². The molecule has 0 aliphatic carbocycles. The molecule has 0 saturated carbocycles. The summed E-state index contributed by atoms with van der Waals surface area (Å²) in [5.74, 6) is -0.175. The van der Waals surface area contributed by atoms with Crippen molar-refractivity contribution in [2.75, 3.05) is 5.32 Å². The molecule has 1 aromatic heterocycles. The van der Waals surface area contributed by atoms with E-state index < -0.39 is 0 Å². The normalized spacial score (nSPS) is 10.1. The molecule has 2 rings (SSSR count). The number of thiazole rings is 1. The Bertz CT molecular complexity index is 516. The molecular weight excluding hydrogens is 312 g/mol. The van der Waals surface area contributed by atoms with Crippen LogP contribution < -0.4 is 5.32 Å². The number of benzene rings is 1. The van der Waals surface area contributed by atoms with Gasteiger partial charge in [0.2, 0.25) is 0 Å². The highest BCUT2D eigenvalue weighted by Gasteiger charge is 2.09. The van der Waals surface area contributed by atoms with Gasteiger partial charge in [0.15, 0.2) is 0 Å². The van der Waals surface area contributed by atoms with Crippen LogP contribution in [-0.2, 0) is 0 Å². The van der Waals surface area contributed by atoms with Gasteiger partial charge in [-0.25, -0.2) is 0 Å². The summed E-state index contributed by atoms with van der Waals surface area (Å²) in [4.78, 5) is 16.1. The first kappa shape index (κ1) is 11.6. The van der Waals surface area contributed by atoms with Crippen LogP contribution in [0.3, 0.4) is 0 Å². The molecule has 1 heterocycles. The molecule has 0 aliphatic rings. The summed E-state index contributed by atoms with van der Waals surface area (Å²) in [5.41, 5.74) is 2.30. The first-order chi connectivity index (χ1) is 7.66. The van der Waals surface area contributed by atoms with Crippen LogP contribution in [0.25, 0.3) is 0 Å². The number of carbonyl (C=O) groups is 1. The number of nitrogens with zero attached hydrogens (tertiary/aromatic N) is 1. The van der Waals surface area contributed by atoms with Crippen molar-refractivity contribution in [2.24, 2.45) is 0 Å². The number of anilines is 1. The second kappa shape index (κ2) is 4.95. The van der Waals surface area contributed by atoms with Crippen LogP contribution in [0.4, 0.5) is 5.69 Å². The van der Waals surface area contributed by atoms with Crippen molar-refractivity contribution in [2.45, 2.75) is 0 Å². The van der Waals surface area contributed by atoms with Crippen LogP contribution in [0, 0.1) is 0 Å². The third kappa shape index (κ3) is 2.61. The summed E-state index contributed by atoms with van der Waals surface area (Å²) in [6.45, 7) is 0. The van der Waals surface area contributed by atoms with Crippen molar-refractivity contribution in [3.05, 3.63) is 44.3 Å². The fourth-order valence-corrected chi connectivity index (χ4v) is 2.40. The smallest absolute Gasteiger partial charge is 0.267 e. The SMILES string of the molecule is O=C(Nc1ccc(Cl)cc1Br)c1cncs1. The van der Waals surface area contributed by atoms with Gasteiger partial charge in [0.1, 0.15) is 4.88 Å². The quantitative estimate of drug-likeness (QED) is 0.915. The highest BCUT2D eigenvalue weighted by atomic mass is 79.9. The molecule has 0 aliphatic heterocycles. The first-order valence-corrected chi connectivity index (χ1v) is 6.37. The minimum Gasteiger partial charge on any atom is -0.320 e. The van der Waals surface area contributed by atoms with E-state index in [9.17, 15) is 4.79 Å². The van der Waals surface area contributed by atoms with Gasteiger partial charge in [0, 0.05) is 9.50 Å². The fraction of sp³-hybridized carbons (Fsp3) is 0. The number of carbonyl (C=O) groups excluding carboxylic acids is 1. The largest absolute Gasteiger partial charge is 0.320 e. The topological polar surface area (TPSA) is 42.0 Å². The third-order valence-corrected chi connectivity index (χ3v) is 3.50. The van der Waals surface area contributed by atoms with Gasteiger partial charge in [-0.3, -0.25) is 9.78 Å². The van der Waals surface area contributed by atoms with Crippen molar-refractivity contribution in [3.8, 4) is 0 Å². The van der Waals surface area contributed by atoms with Crippen LogP contribution in [0.1, 0.15) is 9.67 Å². The van der Waals surface area contributed by atoms with Gasteiger partial charge in [-0.05, 0) is 34.1 Å². The van der Waals surface area contributed by atoms with Crippen LogP contribution in [0.5, 0.6) is 0 Å². The molecule has 0 unspecified atom stereocenters. The standard InChI is InChI=1S/C10H6BrClN2OS/c11-7-3-6(12)1-2-8(7)14-10(15)9-4-13-5-16-9/h1-5H,(H,14,15). The molecule has 1 amide bonds. The highest BCUT2D eigenvalue weighted by molar-refractivity contribution is 9.10. The Morgan fingerprint density at radius 2 is 2.31 bits per heavy atom. The molecule has 0 spiro atoms. The van der Waals surface area contributed by atoms with Gasteiger partial charge >= 0.3 is 0 Å². The lowest BCUT2D eigenvalue weighted by Gasteiger charge is -2.05. The van der Waals surface area contributed by atoms with Gasteiger partial charge in [0.25, 0.3) is 5.91 Å². The van der Waals surface area contributed by atoms with Crippen LogP contribution in [-0.4, -0.2) is 10.9 Å². The second-order valence-corrected chi connectivity index (χ2v) is 5.12. The molecular formula is C10H6BrClN2OS. The molecule has 16 heavy (non-hydrogen) atoms. The molecule has 6 heteroatoms. The number of nitrogens with one attached hydrogen (secondary N) is 1. The predicted molar refractivity (Wildman–Crippen MR) is 69.2 cm³/mol. The first-order valence-electron chi connectivity index (χ1n) is 4.32. The molecule has 0 bridgehead atoms. The Morgan fingerprint density at radius 3 is 2.94 bits per heavy atom. The van der Waals surface area contributed by atoms with E-state index in [-0.39, 0.29) is 5.91 Å². The monoisotopic (exact) mass is 316 g/mol. The molecule has 1 N–H and O–H groups in total. The van der Waals surface area contributed by atoms with E-state index in [0.717, 1.165) is 4.47 Å². The summed E-state index contributed by atoms with van der Waals surface area (Å²) in [5, 5.41) is 3.38. The van der Waals surface area contributed by atoms with Crippen molar-refractivity contribution >= 4 is 50.5 Å². The van der Waals surface area contributed by atoms with Gasteiger partial charge in [-0.1, -0.05) is 11.6 Å². The number of rotatable bonds is 2. The van der Waals surface area contributed by atoms with Crippen LogP contribution in [0.2, 0.25) is 5.02 Å². The molecule has 2 aromatic rings. The summed E-state index contributed by atoms with van der Waals surface area (Å²) in [6, 6.07) is 5.18. The molecule has 1 aromatic carbocycles. The van der Waals surface area contributed by atoms with E-state index >= 15 is 0 Å². The van der Waals surface area contributed by atoms with E-state index in [4.69, 9.17) is 11.6 Å². The minimum atomic E-state index is -0.175. The Morgan fingerprint density at radius 1 is 1.50 bits per heavy atom. The van der Waals surface area contributed by atoms with E-state index in [1.807, 2.05) is 0 Å². The maximum Gasteiger partial charge on any atom is 0.267 e. The van der Waals surface area contributed by atoms with E-state index in [1.54, 1.807) is 23.7 Å².